The highest BCUT2D eigenvalue weighted by Gasteiger charge is 2.38. The van der Waals surface area contributed by atoms with Crippen LogP contribution in [0.2, 0.25) is 0 Å². The van der Waals surface area contributed by atoms with Gasteiger partial charge in [-0.25, -0.2) is 4.79 Å². The van der Waals surface area contributed by atoms with Crippen molar-refractivity contribution >= 4 is 17.3 Å². The van der Waals surface area contributed by atoms with Gasteiger partial charge in [0, 0.05) is 29.4 Å². The summed E-state index contributed by atoms with van der Waals surface area (Å²) in [5.74, 6) is -0.878. The Balaban J connectivity index is 0.000000406. The number of rotatable bonds is 5. The number of fused-ring (bicyclic) bond motifs is 1. The van der Waals surface area contributed by atoms with Crippen LogP contribution in [-0.4, -0.2) is 38.6 Å². The number of carbonyl (C=O) groups is 1. The molecule has 0 radical (unpaired) electrons. The predicted octanol–water partition coefficient (Wildman–Crippen LogP) is 4.05. The summed E-state index contributed by atoms with van der Waals surface area (Å²) in [6, 6.07) is 9.21. The molecule has 2 aromatic heterocycles. The van der Waals surface area contributed by atoms with E-state index in [4.69, 9.17) is 9.90 Å². The lowest BCUT2D eigenvalue weighted by Gasteiger charge is -2.16. The SMILES string of the molecule is FC(F)(F)c1ccc(-c2ccc(CNCc3nnc4n3CCNC4)s2)cc1.O=C(O)C(F)(F)F. The number of hydrogen-bond acceptors (Lipinski definition) is 6. The van der Waals surface area contributed by atoms with Crippen molar-refractivity contribution in [2.75, 3.05) is 6.54 Å². The van der Waals surface area contributed by atoms with Gasteiger partial charge in [-0.15, -0.1) is 21.5 Å². The smallest absolute Gasteiger partial charge is 0.475 e. The van der Waals surface area contributed by atoms with E-state index in [1.807, 2.05) is 12.1 Å². The zero-order valence-electron chi connectivity index (χ0n) is 17.4. The van der Waals surface area contributed by atoms with Crippen molar-refractivity contribution in [2.45, 2.75) is 38.5 Å². The largest absolute Gasteiger partial charge is 0.490 e. The van der Waals surface area contributed by atoms with E-state index in [2.05, 4.69) is 25.4 Å². The molecule has 0 saturated carbocycles. The van der Waals surface area contributed by atoms with E-state index in [0.29, 0.717) is 13.1 Å². The van der Waals surface area contributed by atoms with E-state index in [1.165, 1.54) is 12.1 Å². The van der Waals surface area contributed by atoms with Crippen molar-refractivity contribution in [3.8, 4) is 10.4 Å². The molecule has 0 bridgehead atoms. The molecule has 1 aromatic carbocycles. The first-order valence-electron chi connectivity index (χ1n) is 9.84. The first-order valence-corrected chi connectivity index (χ1v) is 10.7. The van der Waals surface area contributed by atoms with Crippen molar-refractivity contribution in [3.05, 3.63) is 58.5 Å². The summed E-state index contributed by atoms with van der Waals surface area (Å²) in [6.07, 6.45) is -9.39. The van der Waals surface area contributed by atoms with Gasteiger partial charge in [-0.3, -0.25) is 0 Å². The number of aromatic nitrogens is 3. The molecule has 0 atom stereocenters. The van der Waals surface area contributed by atoms with Crippen LogP contribution in [0, 0.1) is 0 Å². The molecule has 1 aliphatic rings. The average molecular weight is 507 g/mol. The lowest BCUT2D eigenvalue weighted by atomic mass is 10.1. The fraction of sp³-hybridized carbons (Fsp3) is 0.350. The van der Waals surface area contributed by atoms with Crippen LogP contribution < -0.4 is 10.6 Å². The van der Waals surface area contributed by atoms with Gasteiger partial charge >= 0.3 is 18.3 Å². The van der Waals surface area contributed by atoms with Crippen molar-refractivity contribution in [1.82, 2.24) is 25.4 Å². The summed E-state index contributed by atoms with van der Waals surface area (Å²) in [6.45, 7) is 3.83. The Kier molecular flexibility index (Phi) is 7.94. The summed E-state index contributed by atoms with van der Waals surface area (Å²) >= 11 is 1.57. The van der Waals surface area contributed by atoms with Crippen LogP contribution in [0.25, 0.3) is 10.4 Å². The van der Waals surface area contributed by atoms with E-state index in [9.17, 15) is 26.3 Å². The molecule has 1 aliphatic heterocycles. The molecule has 0 aliphatic carbocycles. The van der Waals surface area contributed by atoms with Crippen LogP contribution in [0.1, 0.15) is 22.1 Å². The van der Waals surface area contributed by atoms with Crippen LogP contribution >= 0.6 is 11.3 Å². The second-order valence-electron chi connectivity index (χ2n) is 7.11. The van der Waals surface area contributed by atoms with Crippen LogP contribution in [0.3, 0.4) is 0 Å². The molecule has 0 amide bonds. The molecular weight excluding hydrogens is 488 g/mol. The normalized spacial score (nSPS) is 13.7. The number of nitrogens with one attached hydrogen (secondary N) is 2. The van der Waals surface area contributed by atoms with Gasteiger partial charge < -0.3 is 20.3 Å². The number of nitrogens with zero attached hydrogens (tertiary/aromatic N) is 3. The standard InChI is InChI=1S/C18H18F3N5S.C2HF3O2/c19-18(20,21)13-3-1-12(2-4-13)15-6-5-14(27-15)9-23-11-17-25-24-16-10-22-7-8-26(16)17;3-2(4,5)1(6)7/h1-6,22-23H,7-11H2;(H,6,7). The highest BCUT2D eigenvalue weighted by atomic mass is 32.1. The Morgan fingerprint density at radius 1 is 1.06 bits per heavy atom. The van der Waals surface area contributed by atoms with Gasteiger partial charge in [0.2, 0.25) is 0 Å². The maximum atomic E-state index is 12.7. The predicted molar refractivity (Wildman–Crippen MR) is 111 cm³/mol. The van der Waals surface area contributed by atoms with Crippen molar-refractivity contribution < 1.29 is 36.2 Å². The van der Waals surface area contributed by atoms with E-state index < -0.39 is 23.9 Å². The van der Waals surface area contributed by atoms with E-state index in [-0.39, 0.29) is 0 Å². The van der Waals surface area contributed by atoms with Gasteiger partial charge in [0.1, 0.15) is 11.6 Å². The Morgan fingerprint density at radius 2 is 1.74 bits per heavy atom. The molecule has 4 rings (SSSR count). The highest BCUT2D eigenvalue weighted by Crippen LogP contribution is 2.33. The molecule has 0 unspecified atom stereocenters. The number of benzene rings is 1. The van der Waals surface area contributed by atoms with Gasteiger partial charge in [-0.2, -0.15) is 26.3 Å². The Hall–Kier alpha value is -2.97. The number of thiophene rings is 1. The number of alkyl halides is 6. The minimum absolute atomic E-state index is 0.626. The van der Waals surface area contributed by atoms with Crippen molar-refractivity contribution in [2.24, 2.45) is 0 Å². The zero-order valence-corrected chi connectivity index (χ0v) is 18.2. The van der Waals surface area contributed by atoms with E-state index in [1.54, 1.807) is 11.3 Å². The Bertz CT molecular complexity index is 1110. The lowest BCUT2D eigenvalue weighted by molar-refractivity contribution is -0.192. The highest BCUT2D eigenvalue weighted by molar-refractivity contribution is 7.15. The minimum Gasteiger partial charge on any atom is -0.475 e. The summed E-state index contributed by atoms with van der Waals surface area (Å²) in [5.41, 5.74) is 0.162. The summed E-state index contributed by atoms with van der Waals surface area (Å²) in [4.78, 5) is 11.0. The Morgan fingerprint density at radius 3 is 2.35 bits per heavy atom. The topological polar surface area (TPSA) is 92.1 Å². The fourth-order valence-electron chi connectivity index (χ4n) is 3.03. The van der Waals surface area contributed by atoms with Gasteiger partial charge in [0.05, 0.1) is 18.7 Å². The van der Waals surface area contributed by atoms with Crippen molar-refractivity contribution in [1.29, 1.82) is 0 Å². The maximum absolute atomic E-state index is 12.7. The lowest BCUT2D eigenvalue weighted by Crippen LogP contribution is -2.30. The Labute approximate surface area is 193 Å². The molecule has 14 heteroatoms. The number of aliphatic carboxylic acids is 1. The molecular formula is C20H19F6N5O2S. The molecule has 0 saturated heterocycles. The molecule has 7 nitrogen and oxygen atoms in total. The third-order valence-corrected chi connectivity index (χ3v) is 5.82. The quantitative estimate of drug-likeness (QED) is 0.452. The number of carboxylic acids is 1. The summed E-state index contributed by atoms with van der Waals surface area (Å²) in [5, 5.41) is 22.2. The molecule has 0 fully saturated rings. The van der Waals surface area contributed by atoms with Crippen LogP contribution in [0.5, 0.6) is 0 Å². The van der Waals surface area contributed by atoms with E-state index >= 15 is 0 Å². The third kappa shape index (κ3) is 6.77. The summed E-state index contributed by atoms with van der Waals surface area (Å²) in [7, 11) is 0. The number of halogens is 6. The number of carboxylic acid groups (broad SMARTS) is 1. The maximum Gasteiger partial charge on any atom is 0.490 e. The molecule has 34 heavy (non-hydrogen) atoms. The van der Waals surface area contributed by atoms with E-state index in [0.717, 1.165) is 58.7 Å². The summed E-state index contributed by atoms with van der Waals surface area (Å²) < 4.78 is 71.9. The monoisotopic (exact) mass is 507 g/mol. The van der Waals surface area contributed by atoms with Gasteiger partial charge in [0.25, 0.3) is 0 Å². The molecule has 0 spiro atoms. The van der Waals surface area contributed by atoms with Crippen molar-refractivity contribution in [3.63, 3.8) is 0 Å². The molecule has 184 valence electrons. The van der Waals surface area contributed by atoms with Crippen LogP contribution in [-0.2, 0) is 37.1 Å². The second kappa shape index (κ2) is 10.5. The zero-order chi connectivity index (χ0) is 24.9. The molecule has 3 aromatic rings. The minimum atomic E-state index is -5.08. The second-order valence-corrected chi connectivity index (χ2v) is 8.28. The number of hydrogen-bond donors (Lipinski definition) is 3. The van der Waals surface area contributed by atoms with Gasteiger partial charge in [-0.1, -0.05) is 12.1 Å². The van der Waals surface area contributed by atoms with Gasteiger partial charge in [-0.05, 0) is 29.8 Å². The first-order chi connectivity index (χ1) is 15.9. The van der Waals surface area contributed by atoms with Crippen LogP contribution in [0.15, 0.2) is 36.4 Å². The third-order valence-electron chi connectivity index (χ3n) is 4.68. The fourth-order valence-corrected chi connectivity index (χ4v) is 4.01. The first kappa shape index (κ1) is 25.6. The van der Waals surface area contributed by atoms with Crippen LogP contribution in [0.4, 0.5) is 26.3 Å². The molecule has 3 heterocycles. The molecule has 3 N–H and O–H groups in total. The van der Waals surface area contributed by atoms with Gasteiger partial charge in [0.15, 0.2) is 0 Å². The average Bonchev–Trinajstić information content (AvgIpc) is 3.41.